The number of hydrogen-bond donors (Lipinski definition) is 0. The van der Waals surface area contributed by atoms with Crippen molar-refractivity contribution >= 4 is 40.5 Å². The van der Waals surface area contributed by atoms with Crippen LogP contribution >= 0.6 is 17.1 Å². The zero-order valence-corrected chi connectivity index (χ0v) is 7.25. The maximum absolute atomic E-state index is 9.20. The normalized spacial score (nSPS) is 10.3. The SMILES string of the molecule is [3H]P[PH2+][C-]=O.[Al].[Co]. The second-order valence-corrected chi connectivity index (χ2v) is 1.65. The predicted octanol–water partition coefficient (Wildman–Crippen LogP) is -0.129. The van der Waals surface area contributed by atoms with Gasteiger partial charge in [0.2, 0.25) is 0 Å². The van der Waals surface area contributed by atoms with Gasteiger partial charge in [-0.3, -0.25) is 0 Å². The molecule has 0 rings (SSSR count). The summed E-state index contributed by atoms with van der Waals surface area (Å²) in [6.45, 7) is 0. The van der Waals surface area contributed by atoms with Gasteiger partial charge in [0.25, 0.3) is 0 Å². The quantitative estimate of drug-likeness (QED) is 0.330. The van der Waals surface area contributed by atoms with Crippen LogP contribution in [0.2, 0.25) is 0 Å². The largest absolute Gasteiger partial charge is 0.497 e. The zero-order chi connectivity index (χ0) is 4.12. The molecule has 0 heterocycles. The average molecular weight is 182 g/mol. The van der Waals surface area contributed by atoms with Gasteiger partial charge in [-0.05, 0) is 8.87 Å². The van der Waals surface area contributed by atoms with Crippen molar-refractivity contribution in [3.8, 4) is 0 Å². The van der Waals surface area contributed by atoms with E-state index in [1.54, 1.807) is 6.03 Å². The Bertz CT molecular complexity index is 38.9. The van der Waals surface area contributed by atoms with Gasteiger partial charge in [0, 0.05) is 34.1 Å². The zero-order valence-electron chi connectivity index (χ0n) is 3.90. The fraction of sp³-hybridized carbons (Fsp3) is 0. The smallest absolute Gasteiger partial charge is 0.0972 e. The molecule has 0 saturated carbocycles. The molecule has 0 N–H and O–H groups in total. The van der Waals surface area contributed by atoms with Crippen LogP contribution in [-0.4, -0.2) is 24.7 Å². The van der Waals surface area contributed by atoms with Gasteiger partial charge in [-0.1, -0.05) is 14.3 Å². The molecule has 0 amide bonds. The van der Waals surface area contributed by atoms with E-state index in [-0.39, 0.29) is 51.3 Å². The number of carbonyl (C=O) groups excluding carboxylic acids is 1. The molecule has 0 aliphatic heterocycles. The van der Waals surface area contributed by atoms with Gasteiger partial charge in [0.1, 0.15) is 0 Å². The Balaban J connectivity index is -0.0000000800. The van der Waals surface area contributed by atoms with Crippen molar-refractivity contribution in [3.63, 3.8) is 0 Å². The predicted molar refractivity (Wildman–Crippen MR) is 30.9 cm³/mol. The summed E-state index contributed by atoms with van der Waals surface area (Å²) in [7, 11) is -0.229. The molecule has 0 bridgehead atoms. The van der Waals surface area contributed by atoms with Crippen molar-refractivity contribution in [2.45, 2.75) is 0 Å². The molecule has 0 aliphatic rings. The molecule has 2 atom stereocenters. The van der Waals surface area contributed by atoms with E-state index >= 15 is 0 Å². The van der Waals surface area contributed by atoms with E-state index in [9.17, 15) is 4.79 Å². The number of rotatable bonds is 2. The van der Waals surface area contributed by atoms with E-state index in [4.69, 9.17) is 1.28 Å². The Labute approximate surface area is 63.5 Å². The molecular formula is CH4AlCoOP2. The summed E-state index contributed by atoms with van der Waals surface area (Å²) in [6.07, 6.45) is 0. The topological polar surface area (TPSA) is 17.1 Å². The first-order valence-electron chi connectivity index (χ1n) is 1.28. The summed E-state index contributed by atoms with van der Waals surface area (Å²) in [6, 6.07) is 1.68. The fourth-order valence-corrected chi connectivity index (χ4v) is 0. The summed E-state index contributed by atoms with van der Waals surface area (Å²) < 4.78 is 6.40. The van der Waals surface area contributed by atoms with E-state index in [0.29, 0.717) is 0 Å². The van der Waals surface area contributed by atoms with Crippen LogP contribution in [0.15, 0.2) is 0 Å². The third-order valence-electron chi connectivity index (χ3n) is 0.0589. The average Bonchev–Trinajstić information content (AvgIpc) is 1.41. The van der Waals surface area contributed by atoms with Crippen LogP contribution < -0.4 is 0 Å². The maximum atomic E-state index is 9.20. The minimum atomic E-state index is -0.296. The van der Waals surface area contributed by atoms with Gasteiger partial charge in [0.15, 0.2) is 0 Å². The van der Waals surface area contributed by atoms with Crippen molar-refractivity contribution in [1.29, 1.82) is 1.28 Å². The second kappa shape index (κ2) is 16.0. The monoisotopic (exact) mass is 182 g/mol. The van der Waals surface area contributed by atoms with Gasteiger partial charge < -0.3 is 4.79 Å². The summed E-state index contributed by atoms with van der Waals surface area (Å²) >= 11 is 0. The molecule has 0 aliphatic carbocycles. The third-order valence-corrected chi connectivity index (χ3v) is 0.530. The molecule has 0 aromatic carbocycles. The third kappa shape index (κ3) is 17.6. The fourth-order valence-electron chi connectivity index (χ4n) is 0. The van der Waals surface area contributed by atoms with Crippen molar-refractivity contribution in [2.75, 3.05) is 0 Å². The Hall–Kier alpha value is 1.57. The molecule has 6 heavy (non-hydrogen) atoms. The van der Waals surface area contributed by atoms with Crippen LogP contribution in [0, 0.1) is 0 Å². The summed E-state index contributed by atoms with van der Waals surface area (Å²) in [5.74, 6) is 0. The molecule has 0 saturated heterocycles. The van der Waals surface area contributed by atoms with Crippen LogP contribution in [0.3, 0.4) is 0 Å². The van der Waals surface area contributed by atoms with Crippen molar-refractivity contribution in [3.05, 3.63) is 0 Å². The Morgan fingerprint density at radius 1 is 2.00 bits per heavy atom. The first-order valence-corrected chi connectivity index (χ1v) is 3.67. The molecule has 1 nitrogen and oxygen atoms in total. The van der Waals surface area contributed by atoms with Crippen LogP contribution in [0.25, 0.3) is 0 Å². The van der Waals surface area contributed by atoms with Gasteiger partial charge in [-0.2, -0.15) is 0 Å². The van der Waals surface area contributed by atoms with E-state index < -0.39 is 0 Å². The first kappa shape index (κ1) is 10.5. The van der Waals surface area contributed by atoms with Crippen LogP contribution in [-0.2, 0) is 21.6 Å². The Morgan fingerprint density at radius 2 is 2.50 bits per heavy atom. The van der Waals surface area contributed by atoms with E-state index in [1.807, 2.05) is 0 Å². The van der Waals surface area contributed by atoms with Crippen molar-refractivity contribution in [1.82, 2.24) is 0 Å². The second-order valence-electron chi connectivity index (χ2n) is 0.262. The molecule has 36 valence electrons. The molecule has 0 fully saturated rings. The Morgan fingerprint density at radius 3 is 2.50 bits per heavy atom. The number of hydrogen-bond acceptors (Lipinski definition) is 1. The summed E-state index contributed by atoms with van der Waals surface area (Å²) in [4.78, 5) is 9.20. The molecular weight excluding hydrogens is 176 g/mol. The van der Waals surface area contributed by atoms with Crippen LogP contribution in [0.1, 0.15) is 0 Å². The summed E-state index contributed by atoms with van der Waals surface area (Å²) in [5.41, 5.74) is 0. The summed E-state index contributed by atoms with van der Waals surface area (Å²) in [5, 5.41) is 0. The van der Waals surface area contributed by atoms with Crippen LogP contribution in [0.5, 0.6) is 0 Å². The molecule has 0 spiro atoms. The molecule has 0 aromatic rings. The standard InChI is InChI=1S/CH4OP2.Al.Co/c2-1-4-3;;/h3-4H2;;/i3T;;. The first-order chi connectivity index (χ1) is 2.41. The molecule has 2 unspecified atom stereocenters. The van der Waals surface area contributed by atoms with Gasteiger partial charge >= 0.3 is 0 Å². The molecule has 4 radical (unpaired) electrons. The van der Waals surface area contributed by atoms with E-state index in [0.717, 1.165) is 0 Å². The van der Waals surface area contributed by atoms with E-state index in [1.165, 1.54) is 0 Å². The van der Waals surface area contributed by atoms with Gasteiger partial charge in [-0.25, -0.2) is 0 Å². The van der Waals surface area contributed by atoms with Crippen molar-refractivity contribution in [2.24, 2.45) is 0 Å². The Kier molecular flexibility index (Phi) is 28.1. The minimum absolute atomic E-state index is 0. The van der Waals surface area contributed by atoms with Gasteiger partial charge in [0.05, 0.1) is 1.28 Å². The molecule has 0 aromatic heterocycles. The molecule has 5 heteroatoms. The van der Waals surface area contributed by atoms with Crippen molar-refractivity contribution < 1.29 is 21.6 Å². The van der Waals surface area contributed by atoms with Gasteiger partial charge in [-0.15, -0.1) is 0 Å². The van der Waals surface area contributed by atoms with E-state index in [2.05, 4.69) is 0 Å². The minimum Gasteiger partial charge on any atom is -0.497 e. The maximum Gasteiger partial charge on any atom is 0.0972 e. The van der Waals surface area contributed by atoms with Crippen LogP contribution in [0.4, 0.5) is 0 Å².